The van der Waals surface area contributed by atoms with Gasteiger partial charge in [0.1, 0.15) is 12.1 Å². The van der Waals surface area contributed by atoms with Crippen LogP contribution in [0.5, 0.6) is 0 Å². The van der Waals surface area contributed by atoms with Gasteiger partial charge in [-0.1, -0.05) is 0 Å². The van der Waals surface area contributed by atoms with Gasteiger partial charge in [0, 0.05) is 24.8 Å². The van der Waals surface area contributed by atoms with E-state index in [9.17, 15) is 8.42 Å². The van der Waals surface area contributed by atoms with Gasteiger partial charge < -0.3 is 5.32 Å². The van der Waals surface area contributed by atoms with Crippen LogP contribution in [0.1, 0.15) is 24.2 Å². The van der Waals surface area contributed by atoms with Crippen molar-refractivity contribution in [1.29, 1.82) is 0 Å². The van der Waals surface area contributed by atoms with Gasteiger partial charge in [-0.15, -0.1) is 0 Å². The zero-order valence-corrected chi connectivity index (χ0v) is 14.0. The predicted octanol–water partition coefficient (Wildman–Crippen LogP) is 0.773. The van der Waals surface area contributed by atoms with Gasteiger partial charge >= 0.3 is 0 Å². The Balaban J connectivity index is 1.58. The Labute approximate surface area is 135 Å². The SMILES string of the molecule is Cc1cc(C)n(-c2cc(NCCNS(=O)(=O)C3CC3)ncn2)n1. The molecule has 1 saturated carbocycles. The normalized spacial score (nSPS) is 14.9. The highest BCUT2D eigenvalue weighted by Crippen LogP contribution is 2.27. The molecule has 2 aromatic rings. The molecule has 1 aliphatic rings. The molecule has 2 heterocycles. The topological polar surface area (TPSA) is 102 Å². The average molecular weight is 336 g/mol. The number of hydrogen-bond donors (Lipinski definition) is 2. The van der Waals surface area contributed by atoms with E-state index in [1.54, 1.807) is 10.7 Å². The van der Waals surface area contributed by atoms with Crippen LogP contribution in [0.2, 0.25) is 0 Å². The molecule has 3 rings (SSSR count). The zero-order chi connectivity index (χ0) is 16.4. The largest absolute Gasteiger partial charge is 0.369 e. The molecule has 0 saturated heterocycles. The summed E-state index contributed by atoms with van der Waals surface area (Å²) >= 11 is 0. The number of nitrogens with zero attached hydrogens (tertiary/aromatic N) is 4. The first-order chi connectivity index (χ1) is 11.0. The van der Waals surface area contributed by atoms with E-state index >= 15 is 0 Å². The minimum Gasteiger partial charge on any atom is -0.369 e. The van der Waals surface area contributed by atoms with Crippen molar-refractivity contribution >= 4 is 15.8 Å². The number of nitrogens with one attached hydrogen (secondary N) is 2. The van der Waals surface area contributed by atoms with E-state index in [0.29, 0.717) is 24.7 Å². The fourth-order valence-corrected chi connectivity index (χ4v) is 3.68. The molecule has 1 aliphatic carbocycles. The molecule has 2 N–H and O–H groups in total. The molecule has 8 nitrogen and oxygen atoms in total. The molecule has 0 unspecified atom stereocenters. The molecule has 0 aliphatic heterocycles. The lowest BCUT2D eigenvalue weighted by molar-refractivity contribution is 0.581. The molecule has 124 valence electrons. The van der Waals surface area contributed by atoms with E-state index in [2.05, 4.69) is 25.1 Å². The van der Waals surface area contributed by atoms with E-state index in [-0.39, 0.29) is 5.25 Å². The Morgan fingerprint density at radius 3 is 2.65 bits per heavy atom. The molecule has 9 heteroatoms. The van der Waals surface area contributed by atoms with E-state index in [0.717, 1.165) is 24.2 Å². The van der Waals surface area contributed by atoms with Gasteiger partial charge in [-0.25, -0.2) is 27.8 Å². The monoisotopic (exact) mass is 336 g/mol. The number of rotatable bonds is 7. The number of sulfonamides is 1. The van der Waals surface area contributed by atoms with E-state index < -0.39 is 10.0 Å². The predicted molar refractivity (Wildman–Crippen MR) is 87.1 cm³/mol. The van der Waals surface area contributed by atoms with Crippen molar-refractivity contribution < 1.29 is 8.42 Å². The van der Waals surface area contributed by atoms with Gasteiger partial charge in [-0.05, 0) is 32.8 Å². The second kappa shape index (κ2) is 6.25. The van der Waals surface area contributed by atoms with Crippen molar-refractivity contribution in [3.05, 3.63) is 29.8 Å². The molecule has 0 radical (unpaired) electrons. The number of anilines is 1. The van der Waals surface area contributed by atoms with E-state index in [4.69, 9.17) is 0 Å². The molecule has 0 aromatic carbocycles. The van der Waals surface area contributed by atoms with Crippen LogP contribution in [-0.2, 0) is 10.0 Å². The maximum Gasteiger partial charge on any atom is 0.214 e. The lowest BCUT2D eigenvalue weighted by Gasteiger charge is -2.09. The summed E-state index contributed by atoms with van der Waals surface area (Å²) in [5.74, 6) is 1.31. The summed E-state index contributed by atoms with van der Waals surface area (Å²) in [6, 6.07) is 3.76. The van der Waals surface area contributed by atoms with Crippen molar-refractivity contribution in [3.8, 4) is 5.82 Å². The first-order valence-corrected chi connectivity index (χ1v) is 9.08. The second-order valence-electron chi connectivity index (χ2n) is 5.67. The summed E-state index contributed by atoms with van der Waals surface area (Å²) in [4.78, 5) is 8.36. The minimum atomic E-state index is -3.13. The summed E-state index contributed by atoms with van der Waals surface area (Å²) in [5.41, 5.74) is 1.91. The molecule has 0 bridgehead atoms. The Morgan fingerprint density at radius 1 is 1.22 bits per heavy atom. The summed E-state index contributed by atoms with van der Waals surface area (Å²) in [7, 11) is -3.13. The highest BCUT2D eigenvalue weighted by Gasteiger charge is 2.35. The van der Waals surface area contributed by atoms with Crippen molar-refractivity contribution in [2.24, 2.45) is 0 Å². The van der Waals surface area contributed by atoms with Crippen LogP contribution < -0.4 is 10.0 Å². The van der Waals surface area contributed by atoms with Crippen molar-refractivity contribution in [1.82, 2.24) is 24.5 Å². The summed E-state index contributed by atoms with van der Waals surface area (Å²) in [6.07, 6.45) is 2.99. The van der Waals surface area contributed by atoms with Crippen molar-refractivity contribution in [3.63, 3.8) is 0 Å². The average Bonchev–Trinajstić information content (AvgIpc) is 3.30. The second-order valence-corrected chi connectivity index (χ2v) is 7.71. The molecular formula is C14H20N6O2S. The molecule has 1 fully saturated rings. The smallest absolute Gasteiger partial charge is 0.214 e. The lowest BCUT2D eigenvalue weighted by Crippen LogP contribution is -2.31. The third-order valence-electron chi connectivity index (χ3n) is 3.58. The van der Waals surface area contributed by atoms with Crippen LogP contribution in [-0.4, -0.2) is 46.5 Å². The first-order valence-electron chi connectivity index (χ1n) is 7.54. The van der Waals surface area contributed by atoms with Crippen LogP contribution in [0, 0.1) is 13.8 Å². The number of aryl methyl sites for hydroxylation is 2. The Kier molecular flexibility index (Phi) is 4.31. The molecular weight excluding hydrogens is 316 g/mol. The van der Waals surface area contributed by atoms with Gasteiger partial charge in [0.15, 0.2) is 5.82 Å². The number of aromatic nitrogens is 4. The standard InChI is InChI=1S/C14H20N6O2S/c1-10-7-11(2)20(19-10)14-8-13(16-9-17-14)15-5-6-18-23(21,22)12-3-4-12/h7-9,12,18H,3-6H2,1-2H3,(H,15,16,17). The maximum absolute atomic E-state index is 11.7. The van der Waals surface area contributed by atoms with E-state index in [1.807, 2.05) is 19.9 Å². The van der Waals surface area contributed by atoms with Crippen LogP contribution in [0.3, 0.4) is 0 Å². The molecule has 2 aromatic heterocycles. The minimum absolute atomic E-state index is 0.195. The van der Waals surface area contributed by atoms with Crippen molar-refractivity contribution in [2.45, 2.75) is 31.9 Å². The number of hydrogen-bond acceptors (Lipinski definition) is 6. The molecule has 0 atom stereocenters. The summed E-state index contributed by atoms with van der Waals surface area (Å²) in [6.45, 7) is 4.68. The van der Waals surface area contributed by atoms with E-state index in [1.165, 1.54) is 6.33 Å². The van der Waals surface area contributed by atoms with Crippen LogP contribution >= 0.6 is 0 Å². The van der Waals surface area contributed by atoms with Gasteiger partial charge in [0.2, 0.25) is 10.0 Å². The van der Waals surface area contributed by atoms with Crippen LogP contribution in [0.4, 0.5) is 5.82 Å². The quantitative estimate of drug-likeness (QED) is 0.724. The van der Waals surface area contributed by atoms with Crippen molar-refractivity contribution in [2.75, 3.05) is 18.4 Å². The summed E-state index contributed by atoms with van der Waals surface area (Å²) < 4.78 is 27.8. The summed E-state index contributed by atoms with van der Waals surface area (Å²) in [5, 5.41) is 7.28. The van der Waals surface area contributed by atoms with Crippen LogP contribution in [0.15, 0.2) is 18.5 Å². The Bertz CT molecular complexity index is 797. The molecule has 0 spiro atoms. The molecule has 23 heavy (non-hydrogen) atoms. The zero-order valence-electron chi connectivity index (χ0n) is 13.2. The third kappa shape index (κ3) is 3.85. The third-order valence-corrected chi connectivity index (χ3v) is 5.53. The molecule has 0 amide bonds. The maximum atomic E-state index is 11.7. The Hall–Kier alpha value is -2.00. The Morgan fingerprint density at radius 2 is 2.00 bits per heavy atom. The van der Waals surface area contributed by atoms with Gasteiger partial charge in [-0.2, -0.15) is 5.10 Å². The highest BCUT2D eigenvalue weighted by atomic mass is 32.2. The fourth-order valence-electron chi connectivity index (χ4n) is 2.30. The van der Waals surface area contributed by atoms with Crippen LogP contribution in [0.25, 0.3) is 5.82 Å². The van der Waals surface area contributed by atoms with Gasteiger partial charge in [0.05, 0.1) is 10.9 Å². The highest BCUT2D eigenvalue weighted by molar-refractivity contribution is 7.90. The first kappa shape index (κ1) is 15.9. The van der Waals surface area contributed by atoms with Gasteiger partial charge in [0.25, 0.3) is 0 Å². The van der Waals surface area contributed by atoms with Gasteiger partial charge in [-0.3, -0.25) is 0 Å². The fraction of sp³-hybridized carbons (Fsp3) is 0.500. The lowest BCUT2D eigenvalue weighted by atomic mass is 10.4.